The monoisotopic (exact) mass is 234 g/mol. The van der Waals surface area contributed by atoms with Gasteiger partial charge in [-0.1, -0.05) is 0 Å². The molecule has 0 atom stereocenters. The molecule has 0 spiro atoms. The van der Waals surface area contributed by atoms with Gasteiger partial charge in [-0.3, -0.25) is 4.79 Å². The highest BCUT2D eigenvalue weighted by molar-refractivity contribution is 5.85. The molecule has 15 heavy (non-hydrogen) atoms. The van der Waals surface area contributed by atoms with Gasteiger partial charge >= 0.3 is 0 Å². The number of aliphatic hydroxyl groups excluding tert-OH is 1. The van der Waals surface area contributed by atoms with Gasteiger partial charge in [0.2, 0.25) is 5.91 Å². The lowest BCUT2D eigenvalue weighted by Crippen LogP contribution is -2.53. The summed E-state index contributed by atoms with van der Waals surface area (Å²) in [7, 11) is 0. The molecule has 0 aromatic rings. The molecular formula is C10H19ClN2O2. The van der Waals surface area contributed by atoms with Crippen LogP contribution in [0.25, 0.3) is 0 Å². The summed E-state index contributed by atoms with van der Waals surface area (Å²) in [5, 5.41) is 15.4. The van der Waals surface area contributed by atoms with Crippen molar-refractivity contribution >= 4 is 18.3 Å². The molecule has 1 aliphatic heterocycles. The van der Waals surface area contributed by atoms with Crippen LogP contribution < -0.4 is 10.6 Å². The number of hydrogen-bond donors (Lipinski definition) is 3. The van der Waals surface area contributed by atoms with Crippen LogP contribution in [0.5, 0.6) is 0 Å². The van der Waals surface area contributed by atoms with Crippen LogP contribution in [0.2, 0.25) is 0 Å². The van der Waals surface area contributed by atoms with Crippen LogP contribution in [0.1, 0.15) is 25.7 Å². The van der Waals surface area contributed by atoms with Crippen molar-refractivity contribution in [1.29, 1.82) is 0 Å². The first-order valence-corrected chi connectivity index (χ1v) is 5.45. The van der Waals surface area contributed by atoms with Crippen molar-refractivity contribution in [2.45, 2.75) is 37.8 Å². The van der Waals surface area contributed by atoms with Gasteiger partial charge in [0.05, 0.1) is 12.0 Å². The lowest BCUT2D eigenvalue weighted by Gasteiger charge is -2.31. The summed E-state index contributed by atoms with van der Waals surface area (Å²) in [6, 6.07) is 0.298. The number of carbonyl (C=O) groups excluding carboxylic acids is 1. The van der Waals surface area contributed by atoms with Crippen LogP contribution in [0.15, 0.2) is 0 Å². The number of halogens is 1. The van der Waals surface area contributed by atoms with E-state index in [1.54, 1.807) is 0 Å². The predicted octanol–water partition coefficient (Wildman–Crippen LogP) is 0.0473. The summed E-state index contributed by atoms with van der Waals surface area (Å²) in [5.74, 6) is 0.368. The van der Waals surface area contributed by atoms with E-state index in [1.807, 2.05) is 0 Å². The summed E-state index contributed by atoms with van der Waals surface area (Å²) >= 11 is 0. The molecule has 1 aliphatic carbocycles. The Kier molecular flexibility index (Phi) is 4.83. The number of hydrogen-bond acceptors (Lipinski definition) is 3. The molecule has 3 N–H and O–H groups in total. The fourth-order valence-corrected chi connectivity index (χ4v) is 2.01. The SMILES string of the molecule is Cl.O=C(NC1CCC(O)CC1)C1CNC1. The fourth-order valence-electron chi connectivity index (χ4n) is 2.01. The zero-order valence-electron chi connectivity index (χ0n) is 8.74. The summed E-state index contributed by atoms with van der Waals surface area (Å²) < 4.78 is 0. The molecular weight excluding hydrogens is 216 g/mol. The van der Waals surface area contributed by atoms with E-state index in [1.165, 1.54) is 0 Å². The Hall–Kier alpha value is -0.320. The van der Waals surface area contributed by atoms with E-state index in [0.29, 0.717) is 6.04 Å². The van der Waals surface area contributed by atoms with Gasteiger partial charge < -0.3 is 15.7 Å². The Morgan fingerprint density at radius 1 is 1.20 bits per heavy atom. The number of rotatable bonds is 2. The van der Waals surface area contributed by atoms with Gasteiger partial charge in [0.25, 0.3) is 0 Å². The van der Waals surface area contributed by atoms with E-state index < -0.39 is 0 Å². The molecule has 5 heteroatoms. The molecule has 0 bridgehead atoms. The number of nitrogens with one attached hydrogen (secondary N) is 2. The third-order valence-electron chi connectivity index (χ3n) is 3.20. The highest BCUT2D eigenvalue weighted by Gasteiger charge is 2.28. The Labute approximate surface area is 96.2 Å². The maximum Gasteiger partial charge on any atom is 0.225 e. The molecule has 4 nitrogen and oxygen atoms in total. The van der Waals surface area contributed by atoms with Crippen molar-refractivity contribution in [2.24, 2.45) is 5.92 Å². The molecule has 2 fully saturated rings. The first kappa shape index (κ1) is 12.7. The van der Waals surface area contributed by atoms with Crippen molar-refractivity contribution in [3.8, 4) is 0 Å². The van der Waals surface area contributed by atoms with Crippen molar-refractivity contribution in [3.05, 3.63) is 0 Å². The molecule has 1 heterocycles. The first-order valence-electron chi connectivity index (χ1n) is 5.45. The van der Waals surface area contributed by atoms with Gasteiger partial charge in [-0.2, -0.15) is 0 Å². The molecule has 1 amide bonds. The van der Waals surface area contributed by atoms with Crippen molar-refractivity contribution in [2.75, 3.05) is 13.1 Å². The Morgan fingerprint density at radius 3 is 2.27 bits per heavy atom. The zero-order chi connectivity index (χ0) is 9.97. The molecule has 0 aromatic carbocycles. The van der Waals surface area contributed by atoms with Gasteiger partial charge in [0, 0.05) is 19.1 Å². The molecule has 0 unspecified atom stereocenters. The van der Waals surface area contributed by atoms with Crippen LogP contribution in [0.3, 0.4) is 0 Å². The molecule has 2 rings (SSSR count). The van der Waals surface area contributed by atoms with Gasteiger partial charge in [0.1, 0.15) is 0 Å². The topological polar surface area (TPSA) is 61.4 Å². The number of aliphatic hydroxyl groups is 1. The van der Waals surface area contributed by atoms with Crippen LogP contribution in [0, 0.1) is 5.92 Å². The molecule has 1 saturated carbocycles. The molecule has 2 aliphatic rings. The first-order chi connectivity index (χ1) is 6.75. The minimum Gasteiger partial charge on any atom is -0.393 e. The zero-order valence-corrected chi connectivity index (χ0v) is 9.55. The number of amides is 1. The standard InChI is InChI=1S/C10H18N2O2.ClH/c13-9-3-1-8(2-4-9)12-10(14)7-5-11-6-7;/h7-9,11,13H,1-6H2,(H,12,14);1H. The van der Waals surface area contributed by atoms with Gasteiger partial charge in [-0.25, -0.2) is 0 Å². The highest BCUT2D eigenvalue weighted by Crippen LogP contribution is 2.18. The lowest BCUT2D eigenvalue weighted by molar-refractivity contribution is -0.127. The van der Waals surface area contributed by atoms with Gasteiger partial charge in [-0.15, -0.1) is 12.4 Å². The van der Waals surface area contributed by atoms with Crippen LogP contribution in [0.4, 0.5) is 0 Å². The van der Waals surface area contributed by atoms with Crippen molar-refractivity contribution < 1.29 is 9.90 Å². The maximum atomic E-state index is 11.6. The van der Waals surface area contributed by atoms with Gasteiger partial charge in [0.15, 0.2) is 0 Å². The third kappa shape index (κ3) is 3.33. The lowest BCUT2D eigenvalue weighted by atomic mass is 9.92. The van der Waals surface area contributed by atoms with Gasteiger partial charge in [-0.05, 0) is 25.7 Å². The smallest absolute Gasteiger partial charge is 0.225 e. The minimum absolute atomic E-state index is 0. The molecule has 0 aromatic heterocycles. The quantitative estimate of drug-likeness (QED) is 0.633. The van der Waals surface area contributed by atoms with Crippen LogP contribution in [-0.2, 0) is 4.79 Å². The van der Waals surface area contributed by atoms with E-state index in [4.69, 9.17) is 0 Å². The summed E-state index contributed by atoms with van der Waals surface area (Å²) in [6.45, 7) is 1.64. The summed E-state index contributed by atoms with van der Waals surface area (Å²) in [5.41, 5.74) is 0. The van der Waals surface area contributed by atoms with Crippen molar-refractivity contribution in [1.82, 2.24) is 10.6 Å². The molecule has 88 valence electrons. The minimum atomic E-state index is -0.145. The second-order valence-electron chi connectivity index (χ2n) is 4.37. The maximum absolute atomic E-state index is 11.6. The van der Waals surface area contributed by atoms with E-state index in [9.17, 15) is 9.90 Å². The summed E-state index contributed by atoms with van der Waals surface area (Å²) in [4.78, 5) is 11.6. The number of carbonyl (C=O) groups is 1. The highest BCUT2D eigenvalue weighted by atomic mass is 35.5. The van der Waals surface area contributed by atoms with E-state index in [-0.39, 0.29) is 30.3 Å². The Balaban J connectivity index is 0.00000112. The normalized spacial score (nSPS) is 31.3. The molecule has 1 saturated heterocycles. The molecule has 0 radical (unpaired) electrons. The third-order valence-corrected chi connectivity index (χ3v) is 3.20. The second-order valence-corrected chi connectivity index (χ2v) is 4.37. The summed E-state index contributed by atoms with van der Waals surface area (Å²) in [6.07, 6.45) is 3.36. The largest absolute Gasteiger partial charge is 0.393 e. The second kappa shape index (κ2) is 5.68. The van der Waals surface area contributed by atoms with Crippen molar-refractivity contribution in [3.63, 3.8) is 0 Å². The Morgan fingerprint density at radius 2 is 1.80 bits per heavy atom. The van der Waals surface area contributed by atoms with E-state index in [0.717, 1.165) is 38.8 Å². The van der Waals surface area contributed by atoms with E-state index in [2.05, 4.69) is 10.6 Å². The van der Waals surface area contributed by atoms with E-state index >= 15 is 0 Å². The average Bonchev–Trinajstić information content (AvgIpc) is 2.06. The van der Waals surface area contributed by atoms with Crippen LogP contribution >= 0.6 is 12.4 Å². The predicted molar refractivity (Wildman–Crippen MR) is 60.0 cm³/mol. The Bertz CT molecular complexity index is 213. The van der Waals surface area contributed by atoms with Crippen LogP contribution in [-0.4, -0.2) is 36.2 Å². The average molecular weight is 235 g/mol. The fraction of sp³-hybridized carbons (Fsp3) is 0.900.